The van der Waals surface area contributed by atoms with E-state index >= 15 is 0 Å². The number of hydrogen-bond acceptors (Lipinski definition) is 3. The Balaban J connectivity index is 2.55. The zero-order valence-corrected chi connectivity index (χ0v) is 9.58. The lowest BCUT2D eigenvalue weighted by atomic mass is 10.1. The normalized spacial score (nSPS) is 10.3. The molecular formula is C10H9BrN2O2. The van der Waals surface area contributed by atoms with Crippen molar-refractivity contribution in [2.24, 2.45) is 0 Å². The molecule has 0 amide bonds. The number of methoxy groups -OCH3 is 1. The van der Waals surface area contributed by atoms with E-state index in [0.717, 1.165) is 15.6 Å². The van der Waals surface area contributed by atoms with Gasteiger partial charge in [-0.2, -0.15) is 5.10 Å². The third-order valence-corrected chi connectivity index (χ3v) is 2.73. The summed E-state index contributed by atoms with van der Waals surface area (Å²) in [7, 11) is 1.51. The summed E-state index contributed by atoms with van der Waals surface area (Å²) in [6.45, 7) is 0. The van der Waals surface area contributed by atoms with Gasteiger partial charge in [0.15, 0.2) is 11.5 Å². The van der Waals surface area contributed by atoms with E-state index in [-0.39, 0.29) is 5.75 Å². The van der Waals surface area contributed by atoms with Gasteiger partial charge in [-0.3, -0.25) is 5.10 Å². The fourth-order valence-corrected chi connectivity index (χ4v) is 1.88. The highest BCUT2D eigenvalue weighted by molar-refractivity contribution is 9.10. The van der Waals surface area contributed by atoms with Gasteiger partial charge >= 0.3 is 0 Å². The summed E-state index contributed by atoms with van der Waals surface area (Å²) in [5.41, 5.74) is 1.77. The van der Waals surface area contributed by atoms with Crippen LogP contribution in [-0.2, 0) is 0 Å². The van der Waals surface area contributed by atoms with E-state index in [1.807, 2.05) is 0 Å². The number of nitrogens with zero attached hydrogens (tertiary/aromatic N) is 1. The van der Waals surface area contributed by atoms with Gasteiger partial charge in [0.05, 0.1) is 13.3 Å². The van der Waals surface area contributed by atoms with E-state index in [4.69, 9.17) is 4.74 Å². The number of nitrogens with one attached hydrogen (secondary N) is 1. The predicted molar refractivity (Wildman–Crippen MR) is 59.9 cm³/mol. The monoisotopic (exact) mass is 268 g/mol. The van der Waals surface area contributed by atoms with Crippen LogP contribution in [0.1, 0.15) is 0 Å². The smallest absolute Gasteiger partial charge is 0.161 e. The minimum atomic E-state index is 0.108. The second-order valence-corrected chi connectivity index (χ2v) is 3.85. The van der Waals surface area contributed by atoms with Crippen LogP contribution in [0.2, 0.25) is 0 Å². The fourth-order valence-electron chi connectivity index (χ4n) is 1.33. The molecule has 0 aliphatic carbocycles. The summed E-state index contributed by atoms with van der Waals surface area (Å²) < 4.78 is 5.84. The molecule has 2 N–H and O–H groups in total. The SMILES string of the molecule is COc1cc(Br)c(-c2cn[nH]c2)cc1O. The largest absolute Gasteiger partial charge is 0.504 e. The zero-order valence-electron chi connectivity index (χ0n) is 7.99. The molecule has 0 radical (unpaired) electrons. The van der Waals surface area contributed by atoms with Gasteiger partial charge in [-0.15, -0.1) is 0 Å². The lowest BCUT2D eigenvalue weighted by molar-refractivity contribution is 0.373. The maximum atomic E-state index is 9.64. The molecule has 1 aromatic heterocycles. The van der Waals surface area contributed by atoms with Crippen molar-refractivity contribution in [3.05, 3.63) is 29.0 Å². The first kappa shape index (κ1) is 10.0. The minimum absolute atomic E-state index is 0.108. The van der Waals surface area contributed by atoms with Crippen molar-refractivity contribution in [1.29, 1.82) is 0 Å². The molecule has 2 aromatic rings. The first-order valence-corrected chi connectivity index (χ1v) is 5.07. The van der Waals surface area contributed by atoms with Crippen molar-refractivity contribution in [3.63, 3.8) is 0 Å². The average Bonchev–Trinajstić information content (AvgIpc) is 2.74. The van der Waals surface area contributed by atoms with Gasteiger partial charge in [0.1, 0.15) is 0 Å². The number of phenolic OH excluding ortho intramolecular Hbond substituents is 1. The van der Waals surface area contributed by atoms with Crippen LogP contribution in [0, 0.1) is 0 Å². The van der Waals surface area contributed by atoms with Gasteiger partial charge in [-0.25, -0.2) is 0 Å². The van der Waals surface area contributed by atoms with Crippen LogP contribution in [0.25, 0.3) is 11.1 Å². The highest BCUT2D eigenvalue weighted by atomic mass is 79.9. The number of phenols is 1. The number of halogens is 1. The number of aromatic amines is 1. The molecule has 5 heteroatoms. The number of aromatic nitrogens is 2. The van der Waals surface area contributed by atoms with Crippen LogP contribution in [0.15, 0.2) is 29.0 Å². The Morgan fingerprint density at radius 3 is 2.87 bits per heavy atom. The third-order valence-electron chi connectivity index (χ3n) is 2.08. The standard InChI is InChI=1S/C10H9BrN2O2/c1-15-10-3-8(11)7(2-9(10)14)6-4-12-13-5-6/h2-5,14H,1H3,(H,12,13). The quantitative estimate of drug-likeness (QED) is 0.880. The Bertz CT molecular complexity index is 469. The molecule has 1 heterocycles. The Labute approximate surface area is 95.0 Å². The second-order valence-electron chi connectivity index (χ2n) is 2.99. The molecule has 15 heavy (non-hydrogen) atoms. The number of H-pyrrole nitrogens is 1. The molecule has 0 saturated heterocycles. The van der Waals surface area contributed by atoms with Crippen LogP contribution in [0.3, 0.4) is 0 Å². The van der Waals surface area contributed by atoms with E-state index in [1.54, 1.807) is 24.5 Å². The predicted octanol–water partition coefficient (Wildman–Crippen LogP) is 2.55. The van der Waals surface area contributed by atoms with Crippen LogP contribution >= 0.6 is 15.9 Å². The van der Waals surface area contributed by atoms with Crippen molar-refractivity contribution in [2.75, 3.05) is 7.11 Å². The van der Waals surface area contributed by atoms with Gasteiger partial charge in [0, 0.05) is 21.8 Å². The fraction of sp³-hybridized carbons (Fsp3) is 0.100. The first-order valence-electron chi connectivity index (χ1n) is 4.28. The van der Waals surface area contributed by atoms with Gasteiger partial charge < -0.3 is 9.84 Å². The highest BCUT2D eigenvalue weighted by Gasteiger charge is 2.10. The van der Waals surface area contributed by atoms with E-state index in [0.29, 0.717) is 5.75 Å². The number of hydrogen-bond donors (Lipinski definition) is 2. The van der Waals surface area contributed by atoms with Crippen LogP contribution in [0.5, 0.6) is 11.5 Å². The summed E-state index contributed by atoms with van der Waals surface area (Å²) >= 11 is 3.41. The zero-order chi connectivity index (χ0) is 10.8. The molecule has 1 aromatic carbocycles. The molecule has 0 saturated carbocycles. The summed E-state index contributed by atoms with van der Waals surface area (Å²) in [6, 6.07) is 3.35. The molecule has 0 spiro atoms. The number of benzene rings is 1. The van der Waals surface area contributed by atoms with Crippen molar-refractivity contribution < 1.29 is 9.84 Å². The molecule has 0 bridgehead atoms. The van der Waals surface area contributed by atoms with Crippen LogP contribution in [0.4, 0.5) is 0 Å². The lowest BCUT2D eigenvalue weighted by Crippen LogP contribution is -1.85. The molecule has 0 aliphatic heterocycles. The number of ether oxygens (including phenoxy) is 1. The maximum absolute atomic E-state index is 9.64. The lowest BCUT2D eigenvalue weighted by Gasteiger charge is -2.07. The Morgan fingerprint density at radius 2 is 2.27 bits per heavy atom. The van der Waals surface area contributed by atoms with E-state index < -0.39 is 0 Å². The Kier molecular flexibility index (Phi) is 2.64. The molecule has 0 unspecified atom stereocenters. The highest BCUT2D eigenvalue weighted by Crippen LogP contribution is 2.37. The van der Waals surface area contributed by atoms with Gasteiger partial charge in [0.25, 0.3) is 0 Å². The van der Waals surface area contributed by atoms with Crippen molar-refractivity contribution in [2.45, 2.75) is 0 Å². The number of rotatable bonds is 2. The van der Waals surface area contributed by atoms with Gasteiger partial charge in [-0.05, 0) is 12.1 Å². The first-order chi connectivity index (χ1) is 7.22. The molecule has 4 nitrogen and oxygen atoms in total. The number of aromatic hydroxyl groups is 1. The molecular weight excluding hydrogens is 260 g/mol. The Morgan fingerprint density at radius 1 is 1.47 bits per heavy atom. The van der Waals surface area contributed by atoms with Crippen molar-refractivity contribution >= 4 is 15.9 Å². The average molecular weight is 269 g/mol. The molecule has 78 valence electrons. The minimum Gasteiger partial charge on any atom is -0.504 e. The molecule has 0 fully saturated rings. The van der Waals surface area contributed by atoms with Crippen molar-refractivity contribution in [3.8, 4) is 22.6 Å². The van der Waals surface area contributed by atoms with E-state index in [9.17, 15) is 5.11 Å². The molecule has 2 rings (SSSR count). The maximum Gasteiger partial charge on any atom is 0.161 e. The molecule has 0 aliphatic rings. The molecule has 0 atom stereocenters. The summed E-state index contributed by atoms with van der Waals surface area (Å²) in [5.74, 6) is 0.547. The van der Waals surface area contributed by atoms with Gasteiger partial charge in [0.2, 0.25) is 0 Å². The van der Waals surface area contributed by atoms with Crippen LogP contribution in [-0.4, -0.2) is 22.4 Å². The van der Waals surface area contributed by atoms with E-state index in [1.165, 1.54) is 7.11 Å². The third kappa shape index (κ3) is 1.83. The second kappa shape index (κ2) is 3.94. The van der Waals surface area contributed by atoms with E-state index in [2.05, 4.69) is 26.1 Å². The van der Waals surface area contributed by atoms with Gasteiger partial charge in [-0.1, -0.05) is 15.9 Å². The summed E-state index contributed by atoms with van der Waals surface area (Å²) in [4.78, 5) is 0. The summed E-state index contributed by atoms with van der Waals surface area (Å²) in [6.07, 6.45) is 3.44. The Hall–Kier alpha value is -1.49. The topological polar surface area (TPSA) is 58.1 Å². The van der Waals surface area contributed by atoms with Crippen LogP contribution < -0.4 is 4.74 Å². The summed E-state index contributed by atoms with van der Waals surface area (Å²) in [5, 5.41) is 16.2. The van der Waals surface area contributed by atoms with Crippen molar-refractivity contribution in [1.82, 2.24) is 10.2 Å².